The van der Waals surface area contributed by atoms with Crippen LogP contribution < -0.4 is 5.32 Å². The Balaban J connectivity index is 0. The summed E-state index contributed by atoms with van der Waals surface area (Å²) in [7, 11) is 0. The minimum absolute atomic E-state index is 0. The summed E-state index contributed by atoms with van der Waals surface area (Å²) in [6.07, 6.45) is -0.452. The van der Waals surface area contributed by atoms with Gasteiger partial charge in [0.25, 0.3) is 0 Å². The molecular weight excluding hydrogens is 238 g/mol. The highest BCUT2D eigenvalue weighted by molar-refractivity contribution is 5.86. The van der Waals surface area contributed by atoms with Crippen molar-refractivity contribution in [2.24, 2.45) is 0 Å². The van der Waals surface area contributed by atoms with Crippen LogP contribution in [-0.2, 0) is 19.0 Å². The van der Waals surface area contributed by atoms with Crippen molar-refractivity contribution in [3.05, 3.63) is 12.2 Å². The summed E-state index contributed by atoms with van der Waals surface area (Å²) in [5.74, 6) is -0.476. The van der Waals surface area contributed by atoms with Gasteiger partial charge in [-0.1, -0.05) is 6.58 Å². The molecule has 0 spiro atoms. The molecule has 0 atom stereocenters. The molecule has 0 aliphatic carbocycles. The van der Waals surface area contributed by atoms with Gasteiger partial charge in [0.15, 0.2) is 0 Å². The molecule has 1 N–H and O–H groups in total. The van der Waals surface area contributed by atoms with Crippen molar-refractivity contribution in [3.8, 4) is 0 Å². The van der Waals surface area contributed by atoms with Gasteiger partial charge in [-0.05, 0) is 20.8 Å². The number of hydrogen-bond donors (Lipinski definition) is 1. The molecule has 0 bridgehead atoms. The fourth-order valence-electron chi connectivity index (χ4n) is 0.889. The molecule has 18 heavy (non-hydrogen) atoms. The predicted octanol–water partition coefficient (Wildman–Crippen LogP) is 1.50. The molecular formula is C12H23NO5. The van der Waals surface area contributed by atoms with Crippen LogP contribution in [-0.4, -0.2) is 44.5 Å². The SMILES string of the molecule is C=C(C)C(=O)OCCNC(=O)OCCOC(C)C.[HH]. The van der Waals surface area contributed by atoms with E-state index < -0.39 is 12.1 Å². The number of alkyl carbamates (subject to hydrolysis) is 1. The molecule has 0 saturated carbocycles. The summed E-state index contributed by atoms with van der Waals surface area (Å²) < 4.78 is 14.8. The lowest BCUT2D eigenvalue weighted by Crippen LogP contribution is -2.29. The molecule has 0 radical (unpaired) electrons. The largest absolute Gasteiger partial charge is 0.460 e. The number of amides is 1. The van der Waals surface area contributed by atoms with E-state index in [0.717, 1.165) is 0 Å². The predicted molar refractivity (Wildman–Crippen MR) is 68.3 cm³/mol. The van der Waals surface area contributed by atoms with E-state index in [1.54, 1.807) is 6.92 Å². The average Bonchev–Trinajstić information content (AvgIpc) is 2.29. The summed E-state index contributed by atoms with van der Waals surface area (Å²) in [4.78, 5) is 22.1. The second-order valence-corrected chi connectivity index (χ2v) is 3.90. The van der Waals surface area contributed by atoms with E-state index in [0.29, 0.717) is 12.2 Å². The van der Waals surface area contributed by atoms with E-state index in [1.807, 2.05) is 13.8 Å². The Bertz CT molecular complexity index is 294. The van der Waals surface area contributed by atoms with Crippen molar-refractivity contribution in [1.82, 2.24) is 5.32 Å². The summed E-state index contributed by atoms with van der Waals surface area (Å²) in [6.45, 7) is 9.62. The summed E-state index contributed by atoms with van der Waals surface area (Å²) >= 11 is 0. The van der Waals surface area contributed by atoms with Crippen LogP contribution >= 0.6 is 0 Å². The number of carbonyl (C=O) groups excluding carboxylic acids is 2. The molecule has 0 fully saturated rings. The summed E-state index contributed by atoms with van der Waals surface area (Å²) in [5, 5.41) is 2.44. The van der Waals surface area contributed by atoms with Crippen molar-refractivity contribution in [2.75, 3.05) is 26.4 Å². The van der Waals surface area contributed by atoms with Crippen molar-refractivity contribution in [1.29, 1.82) is 0 Å². The van der Waals surface area contributed by atoms with Gasteiger partial charge in [0.2, 0.25) is 0 Å². The minimum Gasteiger partial charge on any atom is -0.460 e. The molecule has 0 aromatic heterocycles. The maximum Gasteiger partial charge on any atom is 0.407 e. The first kappa shape index (κ1) is 16.4. The Kier molecular flexibility index (Phi) is 8.65. The van der Waals surface area contributed by atoms with E-state index in [2.05, 4.69) is 11.9 Å². The monoisotopic (exact) mass is 261 g/mol. The van der Waals surface area contributed by atoms with Gasteiger partial charge in [0, 0.05) is 7.00 Å². The molecule has 6 heteroatoms. The molecule has 0 saturated heterocycles. The Hall–Kier alpha value is -1.56. The molecule has 1 amide bonds. The first-order valence-electron chi connectivity index (χ1n) is 5.78. The van der Waals surface area contributed by atoms with Crippen LogP contribution in [0.3, 0.4) is 0 Å². The zero-order chi connectivity index (χ0) is 14.0. The van der Waals surface area contributed by atoms with Crippen LogP contribution in [0.4, 0.5) is 4.79 Å². The van der Waals surface area contributed by atoms with Crippen LogP contribution in [0.5, 0.6) is 0 Å². The van der Waals surface area contributed by atoms with E-state index in [-0.39, 0.29) is 27.3 Å². The van der Waals surface area contributed by atoms with E-state index in [4.69, 9.17) is 14.2 Å². The molecule has 6 nitrogen and oxygen atoms in total. The Morgan fingerprint density at radius 1 is 1.22 bits per heavy atom. The summed E-state index contributed by atoms with van der Waals surface area (Å²) in [5.41, 5.74) is 0.323. The smallest absolute Gasteiger partial charge is 0.407 e. The van der Waals surface area contributed by atoms with Gasteiger partial charge in [0.1, 0.15) is 13.2 Å². The number of carbonyl (C=O) groups is 2. The fourth-order valence-corrected chi connectivity index (χ4v) is 0.889. The first-order chi connectivity index (χ1) is 8.43. The highest BCUT2D eigenvalue weighted by Crippen LogP contribution is 1.91. The van der Waals surface area contributed by atoms with Gasteiger partial charge in [0.05, 0.1) is 19.3 Å². The Labute approximate surface area is 109 Å². The minimum atomic E-state index is -0.561. The molecule has 0 aliphatic heterocycles. The molecule has 0 aromatic carbocycles. The van der Waals surface area contributed by atoms with Crippen molar-refractivity contribution in [2.45, 2.75) is 26.9 Å². The second kappa shape index (κ2) is 9.47. The molecule has 0 aliphatic rings. The van der Waals surface area contributed by atoms with Crippen molar-refractivity contribution >= 4 is 12.1 Å². The standard InChI is InChI=1S/C12H21NO5.H2/c1-9(2)11(14)17-6-5-13-12(15)18-8-7-16-10(3)4;/h10H,1,5-8H2,2-4H3,(H,13,15);1H. The van der Waals surface area contributed by atoms with Gasteiger partial charge in [-0.3, -0.25) is 0 Å². The Morgan fingerprint density at radius 2 is 1.89 bits per heavy atom. The lowest BCUT2D eigenvalue weighted by molar-refractivity contribution is -0.138. The van der Waals surface area contributed by atoms with E-state index in [9.17, 15) is 9.59 Å². The Morgan fingerprint density at radius 3 is 2.44 bits per heavy atom. The lowest BCUT2D eigenvalue weighted by Gasteiger charge is -2.09. The number of ether oxygens (including phenoxy) is 3. The van der Waals surface area contributed by atoms with Crippen molar-refractivity contribution < 1.29 is 25.2 Å². The number of nitrogens with one attached hydrogen (secondary N) is 1. The third-order valence-electron chi connectivity index (χ3n) is 1.72. The quantitative estimate of drug-likeness (QED) is 0.407. The van der Waals surface area contributed by atoms with Crippen LogP contribution in [0.1, 0.15) is 22.2 Å². The number of hydrogen-bond acceptors (Lipinski definition) is 5. The van der Waals surface area contributed by atoms with Crippen LogP contribution in [0.2, 0.25) is 0 Å². The van der Waals surface area contributed by atoms with E-state index >= 15 is 0 Å². The fraction of sp³-hybridized carbons (Fsp3) is 0.667. The third-order valence-corrected chi connectivity index (χ3v) is 1.72. The van der Waals surface area contributed by atoms with Crippen molar-refractivity contribution in [3.63, 3.8) is 0 Å². The zero-order valence-electron chi connectivity index (χ0n) is 11.2. The van der Waals surface area contributed by atoms with Crippen LogP contribution in [0, 0.1) is 0 Å². The van der Waals surface area contributed by atoms with Gasteiger partial charge in [-0.25, -0.2) is 9.59 Å². The maximum atomic E-state index is 11.1. The normalized spacial score (nSPS) is 10.0. The van der Waals surface area contributed by atoms with Gasteiger partial charge < -0.3 is 19.5 Å². The van der Waals surface area contributed by atoms with Gasteiger partial charge in [-0.2, -0.15) is 0 Å². The highest BCUT2D eigenvalue weighted by Gasteiger charge is 2.04. The zero-order valence-corrected chi connectivity index (χ0v) is 11.2. The highest BCUT2D eigenvalue weighted by atomic mass is 16.6. The number of esters is 1. The maximum absolute atomic E-state index is 11.1. The first-order valence-corrected chi connectivity index (χ1v) is 5.78. The van der Waals surface area contributed by atoms with Crippen LogP contribution in [0.25, 0.3) is 0 Å². The van der Waals surface area contributed by atoms with Crippen LogP contribution in [0.15, 0.2) is 12.2 Å². The topological polar surface area (TPSA) is 73.9 Å². The van der Waals surface area contributed by atoms with Gasteiger partial charge >= 0.3 is 12.1 Å². The molecule has 0 unspecified atom stereocenters. The van der Waals surface area contributed by atoms with Gasteiger partial charge in [-0.15, -0.1) is 0 Å². The third kappa shape index (κ3) is 9.65. The molecule has 0 rings (SSSR count). The lowest BCUT2D eigenvalue weighted by atomic mass is 10.4. The second-order valence-electron chi connectivity index (χ2n) is 3.90. The summed E-state index contributed by atoms with van der Waals surface area (Å²) in [6, 6.07) is 0. The molecule has 106 valence electrons. The average molecular weight is 261 g/mol. The number of rotatable bonds is 8. The van der Waals surface area contributed by atoms with E-state index in [1.165, 1.54) is 0 Å². The molecule has 0 aromatic rings. The molecule has 0 heterocycles.